The Hall–Kier alpha value is -1.34. The predicted octanol–water partition coefficient (Wildman–Crippen LogP) is 6.46. The van der Waals surface area contributed by atoms with Gasteiger partial charge in [0.25, 0.3) is 0 Å². The summed E-state index contributed by atoms with van der Waals surface area (Å²) >= 11 is 0. The van der Waals surface area contributed by atoms with Gasteiger partial charge in [0.1, 0.15) is 0 Å². The zero-order valence-corrected chi connectivity index (χ0v) is 14.7. The maximum absolute atomic E-state index is 2.52. The summed E-state index contributed by atoms with van der Waals surface area (Å²) in [6.07, 6.45) is 15.4. The molecule has 0 N–H and O–H groups in total. The molecule has 21 heavy (non-hydrogen) atoms. The van der Waals surface area contributed by atoms with Crippen molar-refractivity contribution in [2.24, 2.45) is 0 Å². The highest BCUT2D eigenvalue weighted by Gasteiger charge is 2.45. The van der Waals surface area contributed by atoms with Crippen LogP contribution in [-0.4, -0.2) is 8.07 Å². The normalized spacial score (nSPS) is 22.0. The van der Waals surface area contributed by atoms with Crippen molar-refractivity contribution >= 4 is 14.1 Å². The Kier molecular flexibility index (Phi) is 5.41. The molecule has 0 saturated carbocycles. The molecule has 0 spiro atoms. The molecular formula is C20H28Si. The molecule has 0 nitrogen and oxygen atoms in total. The van der Waals surface area contributed by atoms with Crippen molar-refractivity contribution in [3.63, 3.8) is 0 Å². The van der Waals surface area contributed by atoms with Gasteiger partial charge in [-0.2, -0.15) is 0 Å². The van der Waals surface area contributed by atoms with Crippen molar-refractivity contribution < 1.29 is 0 Å². The molecule has 1 atom stereocenters. The third-order valence-electron chi connectivity index (χ3n) is 5.49. The Morgan fingerprint density at radius 1 is 1.00 bits per heavy atom. The van der Waals surface area contributed by atoms with E-state index in [0.717, 1.165) is 0 Å². The summed E-state index contributed by atoms with van der Waals surface area (Å²) < 4.78 is 0. The van der Waals surface area contributed by atoms with E-state index >= 15 is 0 Å². The molecule has 0 heterocycles. The van der Waals surface area contributed by atoms with Crippen LogP contribution in [0.1, 0.15) is 32.8 Å². The Morgan fingerprint density at radius 2 is 1.67 bits per heavy atom. The largest absolute Gasteiger partial charge is 0.0837 e. The lowest BCUT2D eigenvalue weighted by Crippen LogP contribution is -2.44. The molecule has 112 valence electrons. The maximum atomic E-state index is 2.52. The molecule has 0 aromatic heterocycles. The number of hydrogen-bond donors (Lipinski definition) is 0. The van der Waals surface area contributed by atoms with Gasteiger partial charge in [-0.1, -0.05) is 106 Å². The molecule has 0 aliphatic heterocycles. The van der Waals surface area contributed by atoms with Crippen molar-refractivity contribution in [1.82, 2.24) is 0 Å². The zero-order chi connectivity index (χ0) is 15.2. The molecule has 0 amide bonds. The fraction of sp³-hybridized carbons (Fsp3) is 0.400. The van der Waals surface area contributed by atoms with Crippen LogP contribution in [0.15, 0.2) is 60.7 Å². The van der Waals surface area contributed by atoms with Gasteiger partial charge >= 0.3 is 0 Å². The minimum atomic E-state index is -1.35. The van der Waals surface area contributed by atoms with Crippen LogP contribution in [0.2, 0.25) is 23.2 Å². The summed E-state index contributed by atoms with van der Waals surface area (Å²) in [6.45, 7) is 7.22. The molecule has 0 radical (unpaired) electrons. The Balaban J connectivity index is 2.41. The van der Waals surface area contributed by atoms with Crippen molar-refractivity contribution in [3.8, 4) is 0 Å². The molecule has 1 aliphatic carbocycles. The number of rotatable bonds is 6. The van der Waals surface area contributed by atoms with Gasteiger partial charge in [-0.3, -0.25) is 0 Å². The van der Waals surface area contributed by atoms with Crippen LogP contribution in [-0.2, 0) is 0 Å². The van der Waals surface area contributed by atoms with Gasteiger partial charge < -0.3 is 0 Å². The zero-order valence-electron chi connectivity index (χ0n) is 13.7. The maximum Gasteiger partial charge on any atom is 0.0684 e. The van der Waals surface area contributed by atoms with Crippen LogP contribution >= 0.6 is 0 Å². The Morgan fingerprint density at radius 3 is 2.19 bits per heavy atom. The summed E-state index contributed by atoms with van der Waals surface area (Å²) in [7, 11) is -1.35. The van der Waals surface area contributed by atoms with E-state index in [9.17, 15) is 0 Å². The van der Waals surface area contributed by atoms with E-state index in [-0.39, 0.29) is 5.04 Å². The van der Waals surface area contributed by atoms with Crippen LogP contribution in [0.5, 0.6) is 0 Å². The molecule has 0 bridgehead atoms. The summed E-state index contributed by atoms with van der Waals surface area (Å²) in [6, 6.07) is 14.8. The van der Waals surface area contributed by atoms with E-state index in [1.807, 2.05) is 0 Å². The van der Waals surface area contributed by atoms with Gasteiger partial charge in [-0.05, 0) is 12.0 Å². The first-order valence-corrected chi connectivity index (χ1v) is 10.9. The number of hydrogen-bond acceptors (Lipinski definition) is 0. The number of benzene rings is 1. The molecule has 1 aliphatic rings. The Labute approximate surface area is 131 Å². The first kappa shape index (κ1) is 16.0. The van der Waals surface area contributed by atoms with E-state index in [1.165, 1.54) is 30.1 Å². The second-order valence-electron chi connectivity index (χ2n) is 6.12. The lowest BCUT2D eigenvalue weighted by Gasteiger charge is -2.46. The highest BCUT2D eigenvalue weighted by Crippen LogP contribution is 2.52. The molecule has 2 rings (SSSR count). The predicted molar refractivity (Wildman–Crippen MR) is 98.3 cm³/mol. The molecule has 1 heteroatoms. The second-order valence-corrected chi connectivity index (χ2v) is 11.7. The SMILES string of the molecule is CC[Si](CC)(CC)C1(C=Cc2ccccc2)C=CC=CC1. The fourth-order valence-electron chi connectivity index (χ4n) is 3.88. The van der Waals surface area contributed by atoms with Gasteiger partial charge in [0.15, 0.2) is 0 Å². The number of allylic oxidation sites excluding steroid dienone is 5. The lowest BCUT2D eigenvalue weighted by molar-refractivity contribution is 0.776. The van der Waals surface area contributed by atoms with E-state index in [2.05, 4.69) is 87.6 Å². The fourth-order valence-corrected chi connectivity index (χ4v) is 8.79. The summed E-state index contributed by atoms with van der Waals surface area (Å²) in [5, 5.41) is 0.288. The monoisotopic (exact) mass is 296 g/mol. The van der Waals surface area contributed by atoms with Gasteiger partial charge in [0.2, 0.25) is 0 Å². The van der Waals surface area contributed by atoms with E-state index in [4.69, 9.17) is 0 Å². The molecular weight excluding hydrogens is 268 g/mol. The van der Waals surface area contributed by atoms with E-state index in [1.54, 1.807) is 0 Å². The van der Waals surface area contributed by atoms with Crippen LogP contribution in [0.4, 0.5) is 0 Å². The van der Waals surface area contributed by atoms with Gasteiger partial charge in [0.05, 0.1) is 8.07 Å². The minimum Gasteiger partial charge on any atom is -0.0837 e. The lowest BCUT2D eigenvalue weighted by atomic mass is 9.98. The van der Waals surface area contributed by atoms with Crippen molar-refractivity contribution in [2.45, 2.75) is 50.4 Å². The van der Waals surface area contributed by atoms with Gasteiger partial charge in [0, 0.05) is 5.04 Å². The van der Waals surface area contributed by atoms with E-state index in [0.29, 0.717) is 0 Å². The average Bonchev–Trinajstić information content (AvgIpc) is 2.57. The Bertz CT molecular complexity index is 512. The highest BCUT2D eigenvalue weighted by molar-refractivity contribution is 6.83. The van der Waals surface area contributed by atoms with E-state index < -0.39 is 8.07 Å². The first-order chi connectivity index (χ1) is 10.2. The summed E-state index contributed by atoms with van der Waals surface area (Å²) in [5.41, 5.74) is 1.31. The van der Waals surface area contributed by atoms with Crippen molar-refractivity contribution in [1.29, 1.82) is 0 Å². The van der Waals surface area contributed by atoms with Gasteiger partial charge in [-0.15, -0.1) is 0 Å². The molecule has 0 saturated heterocycles. The standard InChI is InChI=1S/C20H28Si/c1-4-21(5-2,6-3)20(16-11-8-12-17-20)18-15-19-13-9-7-10-14-19/h7-16,18H,4-6,17H2,1-3H3. The quantitative estimate of drug-likeness (QED) is 0.528. The molecule has 0 fully saturated rings. The molecule has 1 aromatic carbocycles. The molecule has 1 unspecified atom stereocenters. The van der Waals surface area contributed by atoms with Crippen LogP contribution in [0.25, 0.3) is 6.08 Å². The summed E-state index contributed by atoms with van der Waals surface area (Å²) in [5.74, 6) is 0. The average molecular weight is 297 g/mol. The third kappa shape index (κ3) is 3.13. The van der Waals surface area contributed by atoms with Crippen LogP contribution < -0.4 is 0 Å². The van der Waals surface area contributed by atoms with Crippen LogP contribution in [0, 0.1) is 0 Å². The minimum absolute atomic E-state index is 0.288. The van der Waals surface area contributed by atoms with Crippen LogP contribution in [0.3, 0.4) is 0 Å². The topological polar surface area (TPSA) is 0 Å². The van der Waals surface area contributed by atoms with Crippen molar-refractivity contribution in [3.05, 3.63) is 66.3 Å². The van der Waals surface area contributed by atoms with Crippen molar-refractivity contribution in [2.75, 3.05) is 0 Å². The highest BCUT2D eigenvalue weighted by atomic mass is 28.3. The first-order valence-electron chi connectivity index (χ1n) is 8.30. The summed E-state index contributed by atoms with van der Waals surface area (Å²) in [4.78, 5) is 0. The molecule has 1 aromatic rings. The third-order valence-corrected chi connectivity index (χ3v) is 12.1. The smallest absolute Gasteiger partial charge is 0.0684 e. The van der Waals surface area contributed by atoms with Gasteiger partial charge in [-0.25, -0.2) is 0 Å². The second kappa shape index (κ2) is 7.08.